The Morgan fingerprint density at radius 2 is 2.00 bits per heavy atom. The van der Waals surface area contributed by atoms with Gasteiger partial charge in [0.25, 0.3) is 0 Å². The Hall–Kier alpha value is -1.86. The van der Waals surface area contributed by atoms with Gasteiger partial charge in [-0.3, -0.25) is 4.90 Å². The minimum atomic E-state index is -4.10. The number of alkyl halides is 3. The number of nitrogens with zero attached hydrogens (tertiary/aromatic N) is 3. The zero-order valence-electron chi connectivity index (χ0n) is 13.3. The number of halogens is 3. The maximum atomic E-state index is 12.4. The van der Waals surface area contributed by atoms with Crippen molar-refractivity contribution < 1.29 is 13.2 Å². The molecule has 0 saturated carbocycles. The van der Waals surface area contributed by atoms with E-state index < -0.39 is 12.7 Å². The number of hydrogen-bond acceptors (Lipinski definition) is 3. The van der Waals surface area contributed by atoms with Gasteiger partial charge in [0.2, 0.25) is 0 Å². The lowest BCUT2D eigenvalue weighted by atomic mass is 10.1. The molecular weight excluding hydrogens is 317 g/mol. The lowest BCUT2D eigenvalue weighted by molar-refractivity contribution is -0.143. The van der Waals surface area contributed by atoms with Gasteiger partial charge in [0.15, 0.2) is 0 Å². The van der Waals surface area contributed by atoms with Gasteiger partial charge in [-0.2, -0.15) is 18.3 Å². The molecule has 2 aromatic rings. The third-order valence-electron chi connectivity index (χ3n) is 4.19. The highest BCUT2D eigenvalue weighted by Crippen LogP contribution is 2.22. The van der Waals surface area contributed by atoms with Gasteiger partial charge in [-0.15, -0.1) is 0 Å². The van der Waals surface area contributed by atoms with E-state index in [0.29, 0.717) is 19.6 Å². The Labute approximate surface area is 139 Å². The molecule has 7 heteroatoms. The second-order valence-electron chi connectivity index (χ2n) is 6.26. The molecule has 3 rings (SSSR count). The first-order chi connectivity index (χ1) is 11.5. The zero-order chi connectivity index (χ0) is 17.0. The summed E-state index contributed by atoms with van der Waals surface area (Å²) in [6.45, 7) is 1.63. The van der Waals surface area contributed by atoms with Crippen molar-refractivity contribution in [2.45, 2.75) is 19.1 Å². The maximum absolute atomic E-state index is 12.4. The smallest absolute Gasteiger partial charge is 0.312 e. The van der Waals surface area contributed by atoms with Crippen molar-refractivity contribution in [3.63, 3.8) is 0 Å². The number of benzene rings is 1. The summed E-state index contributed by atoms with van der Waals surface area (Å²) in [5.74, 6) is 0.275. The molecule has 1 unspecified atom stereocenters. The number of aromatic nitrogens is 2. The predicted octanol–water partition coefficient (Wildman–Crippen LogP) is 2.85. The van der Waals surface area contributed by atoms with Gasteiger partial charge in [0.05, 0.1) is 18.4 Å². The Morgan fingerprint density at radius 3 is 2.75 bits per heavy atom. The first-order valence-electron chi connectivity index (χ1n) is 8.08. The number of likely N-dealkylation sites (tertiary alicyclic amines) is 1. The summed E-state index contributed by atoms with van der Waals surface area (Å²) in [7, 11) is 0. The number of rotatable bonds is 6. The quantitative estimate of drug-likeness (QED) is 0.879. The fourth-order valence-electron chi connectivity index (χ4n) is 3.07. The first kappa shape index (κ1) is 17.0. The van der Waals surface area contributed by atoms with Crippen LogP contribution in [-0.4, -0.2) is 47.0 Å². The van der Waals surface area contributed by atoms with Gasteiger partial charge >= 0.3 is 6.18 Å². The predicted molar refractivity (Wildman–Crippen MR) is 85.9 cm³/mol. The van der Waals surface area contributed by atoms with Crippen molar-refractivity contribution in [3.8, 4) is 5.69 Å². The van der Waals surface area contributed by atoms with E-state index in [4.69, 9.17) is 0 Å². The van der Waals surface area contributed by atoms with Crippen LogP contribution >= 0.6 is 0 Å². The Bertz CT molecular complexity index is 639. The molecule has 1 aromatic heterocycles. The summed E-state index contributed by atoms with van der Waals surface area (Å²) in [6, 6.07) is 9.85. The summed E-state index contributed by atoms with van der Waals surface area (Å²) < 4.78 is 39.0. The van der Waals surface area contributed by atoms with Crippen LogP contribution in [0.2, 0.25) is 0 Å². The Morgan fingerprint density at radius 1 is 1.21 bits per heavy atom. The fourth-order valence-corrected chi connectivity index (χ4v) is 3.07. The summed E-state index contributed by atoms with van der Waals surface area (Å²) >= 11 is 0. The van der Waals surface area contributed by atoms with E-state index >= 15 is 0 Å². The first-order valence-corrected chi connectivity index (χ1v) is 8.08. The van der Waals surface area contributed by atoms with Crippen LogP contribution < -0.4 is 5.32 Å². The highest BCUT2D eigenvalue weighted by Gasteiger charge is 2.34. The third kappa shape index (κ3) is 4.82. The van der Waals surface area contributed by atoms with Gasteiger partial charge < -0.3 is 5.32 Å². The summed E-state index contributed by atoms with van der Waals surface area (Å²) in [4.78, 5) is 1.49. The normalized spacial score (nSPS) is 19.0. The van der Waals surface area contributed by atoms with Crippen LogP contribution in [0.4, 0.5) is 13.2 Å². The van der Waals surface area contributed by atoms with Gasteiger partial charge in [-0.05, 0) is 37.6 Å². The number of para-hydroxylation sites is 1. The van der Waals surface area contributed by atoms with Crippen LogP contribution in [0.3, 0.4) is 0 Å². The molecule has 2 heterocycles. The molecule has 1 fully saturated rings. The average Bonchev–Trinajstić information content (AvgIpc) is 3.16. The molecular formula is C17H21F3N4. The molecule has 0 spiro atoms. The van der Waals surface area contributed by atoms with Crippen LogP contribution in [0.1, 0.15) is 12.0 Å². The number of hydrogen-bond donors (Lipinski definition) is 1. The van der Waals surface area contributed by atoms with Gasteiger partial charge in [0, 0.05) is 24.8 Å². The summed E-state index contributed by atoms with van der Waals surface area (Å²) in [5, 5.41) is 7.66. The average molecular weight is 338 g/mol. The molecule has 1 N–H and O–H groups in total. The van der Waals surface area contributed by atoms with E-state index in [1.807, 2.05) is 47.4 Å². The monoisotopic (exact) mass is 338 g/mol. The molecule has 1 aliphatic rings. The standard InChI is InChI=1S/C17H21F3N4/c18-17(19,20)13-23-7-6-14(11-23)8-21-9-15-10-22-24(12-15)16-4-2-1-3-5-16/h1-5,10,12,14,21H,6-9,11,13H2. The van der Waals surface area contributed by atoms with Crippen molar-refractivity contribution in [2.75, 3.05) is 26.2 Å². The molecule has 1 atom stereocenters. The lowest BCUT2D eigenvalue weighted by Crippen LogP contribution is -2.33. The topological polar surface area (TPSA) is 33.1 Å². The lowest BCUT2D eigenvalue weighted by Gasteiger charge is -2.17. The highest BCUT2D eigenvalue weighted by molar-refractivity contribution is 5.30. The SMILES string of the molecule is FC(F)(F)CN1CCC(CNCc2cnn(-c3ccccc3)c2)C1. The summed E-state index contributed by atoms with van der Waals surface area (Å²) in [5.41, 5.74) is 2.06. The van der Waals surface area contributed by atoms with Crippen LogP contribution in [0, 0.1) is 5.92 Å². The molecule has 24 heavy (non-hydrogen) atoms. The van der Waals surface area contributed by atoms with Crippen molar-refractivity contribution in [2.24, 2.45) is 5.92 Å². The second kappa shape index (κ2) is 7.36. The van der Waals surface area contributed by atoms with Crippen LogP contribution in [0.25, 0.3) is 5.69 Å². The van der Waals surface area contributed by atoms with E-state index in [0.717, 1.165) is 24.2 Å². The van der Waals surface area contributed by atoms with E-state index in [1.54, 1.807) is 0 Å². The van der Waals surface area contributed by atoms with Gasteiger partial charge in [-0.1, -0.05) is 18.2 Å². The van der Waals surface area contributed by atoms with Crippen molar-refractivity contribution in [3.05, 3.63) is 48.3 Å². The zero-order valence-corrected chi connectivity index (χ0v) is 13.3. The third-order valence-corrected chi connectivity index (χ3v) is 4.19. The van der Waals surface area contributed by atoms with E-state index in [2.05, 4.69) is 10.4 Å². The molecule has 0 amide bonds. The molecule has 1 saturated heterocycles. The molecule has 1 aromatic carbocycles. The fraction of sp³-hybridized carbons (Fsp3) is 0.471. The van der Waals surface area contributed by atoms with Crippen LogP contribution in [-0.2, 0) is 6.54 Å². The molecule has 0 aliphatic carbocycles. The molecule has 4 nitrogen and oxygen atoms in total. The molecule has 0 radical (unpaired) electrons. The van der Waals surface area contributed by atoms with Crippen LogP contribution in [0.5, 0.6) is 0 Å². The highest BCUT2D eigenvalue weighted by atomic mass is 19.4. The summed E-state index contributed by atoms with van der Waals surface area (Å²) in [6.07, 6.45) is 0.484. The largest absolute Gasteiger partial charge is 0.401 e. The number of nitrogens with one attached hydrogen (secondary N) is 1. The van der Waals surface area contributed by atoms with Gasteiger partial charge in [-0.25, -0.2) is 4.68 Å². The molecule has 130 valence electrons. The Balaban J connectivity index is 1.42. The van der Waals surface area contributed by atoms with Crippen LogP contribution in [0.15, 0.2) is 42.7 Å². The minimum Gasteiger partial charge on any atom is -0.312 e. The maximum Gasteiger partial charge on any atom is 0.401 e. The second-order valence-corrected chi connectivity index (χ2v) is 6.26. The van der Waals surface area contributed by atoms with E-state index in [-0.39, 0.29) is 5.92 Å². The van der Waals surface area contributed by atoms with E-state index in [1.165, 1.54) is 4.90 Å². The molecule has 0 bridgehead atoms. The van der Waals surface area contributed by atoms with Gasteiger partial charge in [0.1, 0.15) is 0 Å². The Kier molecular flexibility index (Phi) is 5.20. The minimum absolute atomic E-state index is 0.275. The van der Waals surface area contributed by atoms with Crippen molar-refractivity contribution in [1.29, 1.82) is 0 Å². The van der Waals surface area contributed by atoms with Crippen molar-refractivity contribution >= 4 is 0 Å². The van der Waals surface area contributed by atoms with E-state index in [9.17, 15) is 13.2 Å². The van der Waals surface area contributed by atoms with Crippen molar-refractivity contribution in [1.82, 2.24) is 20.0 Å². The molecule has 1 aliphatic heterocycles.